The number of hydrogen-bond acceptors (Lipinski definition) is 3. The normalized spacial score (nSPS) is 10.6. The van der Waals surface area contributed by atoms with Crippen LogP contribution in [0.25, 0.3) is 0 Å². The zero-order valence-corrected chi connectivity index (χ0v) is 12.7. The van der Waals surface area contributed by atoms with Gasteiger partial charge in [-0.3, -0.25) is 5.10 Å². The number of aromatic amines is 2. The average molecular weight is 296 g/mol. The number of nitrogen functional groups attached to an aromatic ring is 1. The standard InChI is InChI=1S/C13H20N4S2/c1-2-3-5-10-12-13(15-17(14)16-19-12)18-11-8-6-4-7-9-11/h4,6-9,15-16H,2-3,5,10,14H2,1H3. The molecule has 1 aromatic carbocycles. The first-order chi connectivity index (χ1) is 9.29. The predicted molar refractivity (Wildman–Crippen MR) is 82.6 cm³/mol. The third-order valence-corrected chi connectivity index (χ3v) is 4.83. The number of hydrogen-bond donors (Lipinski definition) is 3. The predicted octanol–water partition coefficient (Wildman–Crippen LogP) is 3.93. The maximum Gasteiger partial charge on any atom is 0.110 e. The first-order valence-electron chi connectivity index (χ1n) is 6.49. The Morgan fingerprint density at radius 3 is 2.79 bits per heavy atom. The van der Waals surface area contributed by atoms with Crippen molar-refractivity contribution in [3.05, 3.63) is 35.2 Å². The van der Waals surface area contributed by atoms with Gasteiger partial charge in [-0.1, -0.05) is 49.7 Å². The van der Waals surface area contributed by atoms with E-state index in [1.54, 1.807) is 23.3 Å². The molecule has 4 nitrogen and oxygen atoms in total. The molecule has 6 heteroatoms. The molecule has 0 aliphatic carbocycles. The number of H-pyrrole nitrogens is 2. The molecule has 1 aromatic heterocycles. The zero-order chi connectivity index (χ0) is 13.5. The minimum Gasteiger partial charge on any atom is -0.309 e. The second-order valence-corrected chi connectivity index (χ2v) is 6.26. The molecule has 1 heterocycles. The van der Waals surface area contributed by atoms with Crippen molar-refractivity contribution in [2.24, 2.45) is 0 Å². The topological polar surface area (TPSA) is 62.5 Å². The number of benzene rings is 1. The lowest BCUT2D eigenvalue weighted by Gasteiger charge is -2.10. The molecule has 0 spiro atoms. The van der Waals surface area contributed by atoms with Gasteiger partial charge in [0.25, 0.3) is 0 Å². The summed E-state index contributed by atoms with van der Waals surface area (Å²) in [5, 5.41) is 4.28. The zero-order valence-electron chi connectivity index (χ0n) is 11.1. The van der Waals surface area contributed by atoms with Crippen molar-refractivity contribution in [3.63, 3.8) is 0 Å². The molecule has 0 fully saturated rings. The Balaban J connectivity index is 2.15. The molecule has 4 N–H and O–H groups in total. The minimum atomic E-state index is 1.08. The van der Waals surface area contributed by atoms with Crippen molar-refractivity contribution in [1.29, 1.82) is 0 Å². The molecule has 0 saturated carbocycles. The highest BCUT2D eigenvalue weighted by Crippen LogP contribution is 2.30. The van der Waals surface area contributed by atoms with Crippen LogP contribution >= 0.6 is 23.3 Å². The third-order valence-electron chi connectivity index (χ3n) is 2.71. The van der Waals surface area contributed by atoms with Crippen molar-refractivity contribution in [2.45, 2.75) is 42.5 Å². The summed E-state index contributed by atoms with van der Waals surface area (Å²) in [6.07, 6.45) is 4.80. The molecule has 0 atom stereocenters. The lowest BCUT2D eigenvalue weighted by atomic mass is 10.2. The summed E-state index contributed by atoms with van der Waals surface area (Å²) in [7, 11) is 0. The van der Waals surface area contributed by atoms with Crippen molar-refractivity contribution < 1.29 is 0 Å². The van der Waals surface area contributed by atoms with Gasteiger partial charge >= 0.3 is 0 Å². The van der Waals surface area contributed by atoms with Gasteiger partial charge in [-0.05, 0) is 36.5 Å². The van der Waals surface area contributed by atoms with Crippen LogP contribution in [0, 0.1) is 0 Å². The van der Waals surface area contributed by atoms with Crippen LogP contribution in [0.2, 0.25) is 0 Å². The van der Waals surface area contributed by atoms with E-state index in [0.29, 0.717) is 0 Å². The van der Waals surface area contributed by atoms with Crippen LogP contribution in [-0.4, -0.2) is 14.5 Å². The lowest BCUT2D eigenvalue weighted by Crippen LogP contribution is -2.17. The summed E-state index contributed by atoms with van der Waals surface area (Å²) >= 11 is 3.32. The van der Waals surface area contributed by atoms with E-state index in [-0.39, 0.29) is 0 Å². The van der Waals surface area contributed by atoms with Gasteiger partial charge in [-0.15, -0.1) is 4.91 Å². The summed E-state index contributed by atoms with van der Waals surface area (Å²) in [6.45, 7) is 2.22. The Hall–Kier alpha value is -1.27. The van der Waals surface area contributed by atoms with E-state index < -0.39 is 0 Å². The average Bonchev–Trinajstić information content (AvgIpc) is 2.43. The Morgan fingerprint density at radius 1 is 1.26 bits per heavy atom. The number of aromatic nitrogens is 3. The van der Waals surface area contributed by atoms with E-state index in [0.717, 1.165) is 11.4 Å². The van der Waals surface area contributed by atoms with Crippen molar-refractivity contribution in [1.82, 2.24) is 14.5 Å². The Kier molecular flexibility index (Phi) is 5.47. The van der Waals surface area contributed by atoms with Gasteiger partial charge in [0, 0.05) is 4.90 Å². The second-order valence-electron chi connectivity index (χ2n) is 4.30. The number of nitrogens with zero attached hydrogens (tertiary/aromatic N) is 1. The summed E-state index contributed by atoms with van der Waals surface area (Å²) < 4.78 is 3.02. The van der Waals surface area contributed by atoms with Gasteiger partial charge < -0.3 is 5.84 Å². The highest BCUT2D eigenvalue weighted by atomic mass is 32.2. The van der Waals surface area contributed by atoms with Crippen LogP contribution in [0.3, 0.4) is 0 Å². The summed E-state index contributed by atoms with van der Waals surface area (Å²) in [4.78, 5) is 3.94. The Morgan fingerprint density at radius 2 is 2.05 bits per heavy atom. The number of aryl methyl sites for hydroxylation is 1. The molecule has 0 radical (unpaired) electrons. The second kappa shape index (κ2) is 7.35. The summed E-state index contributed by atoms with van der Waals surface area (Å²) in [5.41, 5.74) is 0. The van der Waals surface area contributed by atoms with Crippen molar-refractivity contribution >= 4 is 23.3 Å². The largest absolute Gasteiger partial charge is 0.309 e. The Labute approximate surface area is 121 Å². The maximum absolute atomic E-state index is 5.74. The first kappa shape index (κ1) is 14.1. The maximum atomic E-state index is 5.74. The van der Waals surface area contributed by atoms with E-state index in [2.05, 4.69) is 28.6 Å². The summed E-state index contributed by atoms with van der Waals surface area (Å²) in [6, 6.07) is 10.3. The van der Waals surface area contributed by atoms with Crippen LogP contribution in [0.4, 0.5) is 0 Å². The van der Waals surface area contributed by atoms with E-state index in [4.69, 9.17) is 5.84 Å². The first-order valence-corrected chi connectivity index (χ1v) is 8.13. The fraction of sp³-hybridized carbons (Fsp3) is 0.385. The van der Waals surface area contributed by atoms with Crippen molar-refractivity contribution in [3.8, 4) is 0 Å². The van der Waals surface area contributed by atoms with Gasteiger partial charge in [0.2, 0.25) is 0 Å². The molecule has 19 heavy (non-hydrogen) atoms. The van der Waals surface area contributed by atoms with Gasteiger partial charge in [0.15, 0.2) is 0 Å². The molecule has 0 saturated heterocycles. The number of nitrogens with one attached hydrogen (secondary N) is 2. The van der Waals surface area contributed by atoms with E-state index in [1.165, 1.54) is 33.9 Å². The van der Waals surface area contributed by atoms with Gasteiger partial charge in [0.05, 0.1) is 4.88 Å². The minimum absolute atomic E-state index is 1.08. The molecule has 0 amide bonds. The highest BCUT2D eigenvalue weighted by Gasteiger charge is 2.06. The highest BCUT2D eigenvalue weighted by molar-refractivity contribution is 7.99. The van der Waals surface area contributed by atoms with Crippen molar-refractivity contribution in [2.75, 3.05) is 5.84 Å². The Bertz CT molecular complexity index is 519. The molecular formula is C13H20N4S2. The molecule has 2 aromatic rings. The van der Waals surface area contributed by atoms with Crippen LogP contribution in [0.15, 0.2) is 40.3 Å². The van der Waals surface area contributed by atoms with Gasteiger partial charge in [-0.25, -0.2) is 4.49 Å². The number of unbranched alkanes of at least 4 members (excludes halogenated alkanes) is 2. The fourth-order valence-corrected chi connectivity index (χ4v) is 3.51. The quantitative estimate of drug-likeness (QED) is 0.558. The fourth-order valence-electron chi connectivity index (χ4n) is 1.73. The molecule has 2 rings (SSSR count). The van der Waals surface area contributed by atoms with Crippen LogP contribution in [-0.2, 0) is 6.42 Å². The molecular weight excluding hydrogens is 276 g/mol. The van der Waals surface area contributed by atoms with E-state index in [9.17, 15) is 0 Å². The third kappa shape index (κ3) is 4.40. The number of nitrogens with two attached hydrogens (primary N) is 1. The monoisotopic (exact) mass is 296 g/mol. The summed E-state index contributed by atoms with van der Waals surface area (Å²) in [5.74, 6) is 5.74. The SMILES string of the molecule is CCCCCc1s[nH]n(N)[nH]c1Sc1ccccc1. The van der Waals surface area contributed by atoms with Gasteiger partial charge in [0.1, 0.15) is 5.03 Å². The molecule has 0 unspecified atom stereocenters. The number of rotatable bonds is 6. The smallest absolute Gasteiger partial charge is 0.110 e. The van der Waals surface area contributed by atoms with Gasteiger partial charge in [-0.2, -0.15) is 0 Å². The van der Waals surface area contributed by atoms with Crippen LogP contribution in [0.1, 0.15) is 31.1 Å². The molecule has 0 aliphatic rings. The van der Waals surface area contributed by atoms with E-state index in [1.807, 2.05) is 18.2 Å². The van der Waals surface area contributed by atoms with Crippen LogP contribution in [0.5, 0.6) is 0 Å². The van der Waals surface area contributed by atoms with E-state index >= 15 is 0 Å². The molecule has 0 aliphatic heterocycles. The molecule has 0 bridgehead atoms. The van der Waals surface area contributed by atoms with Crippen LogP contribution < -0.4 is 5.84 Å². The molecule has 104 valence electrons. The lowest BCUT2D eigenvalue weighted by molar-refractivity contribution is 0.643.